The molecule has 1 saturated heterocycles. The first-order valence-electron chi connectivity index (χ1n) is 7.20. The van der Waals surface area contributed by atoms with Crippen LogP contribution in [-0.2, 0) is 9.53 Å². The molecule has 1 rings (SSSR count). The average Bonchev–Trinajstić information content (AvgIpc) is 2.54. The van der Waals surface area contributed by atoms with E-state index in [0.29, 0.717) is 26.1 Å². The highest BCUT2D eigenvalue weighted by Gasteiger charge is 2.25. The zero-order valence-electron chi connectivity index (χ0n) is 11.7. The van der Waals surface area contributed by atoms with Crippen LogP contribution in [-0.4, -0.2) is 47.8 Å². The minimum Gasteiger partial charge on any atom is -0.393 e. The van der Waals surface area contributed by atoms with Crippen molar-refractivity contribution in [3.05, 3.63) is 0 Å². The number of rotatable bonds is 6. The summed E-state index contributed by atoms with van der Waals surface area (Å²) in [6.45, 7) is 5.74. The average molecular weight is 257 g/mol. The number of nitrogens with zero attached hydrogens (tertiary/aromatic N) is 1. The van der Waals surface area contributed by atoms with Gasteiger partial charge in [0.2, 0.25) is 5.91 Å². The Morgan fingerprint density at radius 2 is 2.22 bits per heavy atom. The second kappa shape index (κ2) is 8.48. The smallest absolute Gasteiger partial charge is 0.225 e. The predicted octanol–water partition coefficient (Wildman–Crippen LogP) is 1.96. The van der Waals surface area contributed by atoms with E-state index in [1.807, 2.05) is 11.8 Å². The Hall–Kier alpha value is -0.610. The standard InChI is InChI=1S/C14H27NO3/c1-3-18-10-8-14(17)15-9-6-4-5-7-13(15)11-12(2)16/h12-13,16H,3-11H2,1-2H3. The Bertz CT molecular complexity index is 243. The van der Waals surface area contributed by atoms with Crippen LogP contribution in [0.2, 0.25) is 0 Å². The highest BCUT2D eigenvalue weighted by atomic mass is 16.5. The molecule has 0 aromatic heterocycles. The summed E-state index contributed by atoms with van der Waals surface area (Å²) < 4.78 is 5.25. The summed E-state index contributed by atoms with van der Waals surface area (Å²) in [6, 6.07) is 0.210. The lowest BCUT2D eigenvalue weighted by atomic mass is 10.0. The fraction of sp³-hybridized carbons (Fsp3) is 0.929. The highest BCUT2D eigenvalue weighted by molar-refractivity contribution is 5.76. The molecule has 0 aromatic carbocycles. The van der Waals surface area contributed by atoms with Crippen molar-refractivity contribution in [3.8, 4) is 0 Å². The molecule has 0 saturated carbocycles. The van der Waals surface area contributed by atoms with Crippen LogP contribution in [0.3, 0.4) is 0 Å². The van der Waals surface area contributed by atoms with Crippen LogP contribution in [0, 0.1) is 0 Å². The van der Waals surface area contributed by atoms with Gasteiger partial charge in [-0.1, -0.05) is 12.8 Å². The number of carbonyl (C=O) groups excluding carboxylic acids is 1. The third-order valence-corrected chi connectivity index (χ3v) is 3.48. The van der Waals surface area contributed by atoms with Crippen molar-refractivity contribution in [2.24, 2.45) is 0 Å². The van der Waals surface area contributed by atoms with Gasteiger partial charge in [0.1, 0.15) is 0 Å². The molecule has 1 heterocycles. The Morgan fingerprint density at radius 3 is 2.89 bits per heavy atom. The monoisotopic (exact) mass is 257 g/mol. The largest absolute Gasteiger partial charge is 0.393 e. The molecule has 1 aliphatic rings. The second-order valence-electron chi connectivity index (χ2n) is 5.12. The van der Waals surface area contributed by atoms with Crippen molar-refractivity contribution in [3.63, 3.8) is 0 Å². The summed E-state index contributed by atoms with van der Waals surface area (Å²) in [5.41, 5.74) is 0. The molecule has 18 heavy (non-hydrogen) atoms. The van der Waals surface area contributed by atoms with Crippen LogP contribution >= 0.6 is 0 Å². The minimum absolute atomic E-state index is 0.177. The molecular formula is C14H27NO3. The Kier molecular flexibility index (Phi) is 7.28. The van der Waals surface area contributed by atoms with Gasteiger partial charge in [-0.3, -0.25) is 4.79 Å². The molecule has 1 fully saturated rings. The van der Waals surface area contributed by atoms with Crippen LogP contribution in [0.1, 0.15) is 52.4 Å². The maximum absolute atomic E-state index is 12.2. The van der Waals surface area contributed by atoms with E-state index in [2.05, 4.69) is 0 Å². The Labute approximate surface area is 110 Å². The van der Waals surface area contributed by atoms with Crippen LogP contribution in [0.5, 0.6) is 0 Å². The van der Waals surface area contributed by atoms with Gasteiger partial charge < -0.3 is 14.7 Å². The molecule has 106 valence electrons. The van der Waals surface area contributed by atoms with Crippen molar-refractivity contribution in [1.29, 1.82) is 0 Å². The first-order chi connectivity index (χ1) is 8.65. The lowest BCUT2D eigenvalue weighted by Crippen LogP contribution is -2.41. The Morgan fingerprint density at radius 1 is 1.44 bits per heavy atom. The van der Waals surface area contributed by atoms with Gasteiger partial charge in [-0.25, -0.2) is 0 Å². The van der Waals surface area contributed by atoms with E-state index in [1.54, 1.807) is 6.92 Å². The van der Waals surface area contributed by atoms with Crippen LogP contribution < -0.4 is 0 Å². The van der Waals surface area contributed by atoms with E-state index in [1.165, 1.54) is 6.42 Å². The summed E-state index contributed by atoms with van der Waals surface area (Å²) in [6.07, 6.45) is 5.26. The molecule has 1 N–H and O–H groups in total. The molecule has 4 nitrogen and oxygen atoms in total. The summed E-state index contributed by atoms with van der Waals surface area (Å²) >= 11 is 0. The van der Waals surface area contributed by atoms with E-state index in [-0.39, 0.29) is 18.1 Å². The Balaban J connectivity index is 2.52. The van der Waals surface area contributed by atoms with E-state index in [0.717, 1.165) is 25.8 Å². The molecule has 2 unspecified atom stereocenters. The van der Waals surface area contributed by atoms with Crippen molar-refractivity contribution < 1.29 is 14.6 Å². The normalized spacial score (nSPS) is 22.6. The molecule has 0 spiro atoms. The van der Waals surface area contributed by atoms with Crippen molar-refractivity contribution in [2.75, 3.05) is 19.8 Å². The summed E-state index contributed by atoms with van der Waals surface area (Å²) in [5, 5.41) is 9.55. The molecule has 0 radical (unpaired) electrons. The zero-order chi connectivity index (χ0) is 13.4. The third-order valence-electron chi connectivity index (χ3n) is 3.48. The maximum atomic E-state index is 12.2. The fourth-order valence-corrected chi connectivity index (χ4v) is 2.59. The number of hydrogen-bond donors (Lipinski definition) is 1. The minimum atomic E-state index is -0.338. The number of ether oxygens (including phenoxy) is 1. The van der Waals surface area contributed by atoms with Gasteiger partial charge in [-0.05, 0) is 33.1 Å². The van der Waals surface area contributed by atoms with Gasteiger partial charge in [0.25, 0.3) is 0 Å². The van der Waals surface area contributed by atoms with Gasteiger partial charge in [-0.2, -0.15) is 0 Å². The number of amides is 1. The van der Waals surface area contributed by atoms with Crippen molar-refractivity contribution in [2.45, 2.75) is 64.5 Å². The molecule has 4 heteroatoms. The number of likely N-dealkylation sites (tertiary alicyclic amines) is 1. The molecule has 0 aromatic rings. The van der Waals surface area contributed by atoms with Gasteiger partial charge >= 0.3 is 0 Å². The summed E-state index contributed by atoms with van der Waals surface area (Å²) in [7, 11) is 0. The number of carbonyl (C=O) groups is 1. The lowest BCUT2D eigenvalue weighted by molar-refractivity contribution is -0.135. The van der Waals surface area contributed by atoms with Gasteiger partial charge in [-0.15, -0.1) is 0 Å². The molecule has 1 amide bonds. The van der Waals surface area contributed by atoms with Crippen LogP contribution in [0.4, 0.5) is 0 Å². The first kappa shape index (κ1) is 15.4. The SMILES string of the molecule is CCOCCC(=O)N1CCCCCC1CC(C)O. The van der Waals surface area contributed by atoms with E-state index in [4.69, 9.17) is 4.74 Å². The topological polar surface area (TPSA) is 49.8 Å². The van der Waals surface area contributed by atoms with Crippen molar-refractivity contribution >= 4 is 5.91 Å². The number of aliphatic hydroxyl groups is 1. The number of hydrogen-bond acceptors (Lipinski definition) is 3. The van der Waals surface area contributed by atoms with Crippen LogP contribution in [0.15, 0.2) is 0 Å². The molecule has 0 bridgehead atoms. The quantitative estimate of drug-likeness (QED) is 0.740. The first-order valence-corrected chi connectivity index (χ1v) is 7.20. The molecule has 1 aliphatic heterocycles. The van der Waals surface area contributed by atoms with Gasteiger partial charge in [0.15, 0.2) is 0 Å². The van der Waals surface area contributed by atoms with E-state index < -0.39 is 0 Å². The van der Waals surface area contributed by atoms with Crippen LogP contribution in [0.25, 0.3) is 0 Å². The fourth-order valence-electron chi connectivity index (χ4n) is 2.59. The number of aliphatic hydroxyl groups excluding tert-OH is 1. The predicted molar refractivity (Wildman–Crippen MR) is 71.4 cm³/mol. The maximum Gasteiger partial charge on any atom is 0.225 e. The third kappa shape index (κ3) is 5.36. The molecule has 2 atom stereocenters. The second-order valence-corrected chi connectivity index (χ2v) is 5.12. The van der Waals surface area contributed by atoms with Crippen molar-refractivity contribution in [1.82, 2.24) is 4.90 Å². The van der Waals surface area contributed by atoms with Gasteiger partial charge in [0.05, 0.1) is 19.1 Å². The lowest BCUT2D eigenvalue weighted by Gasteiger charge is -2.31. The summed E-state index contributed by atoms with van der Waals surface area (Å²) in [5.74, 6) is 0.177. The zero-order valence-corrected chi connectivity index (χ0v) is 11.7. The molecule has 0 aliphatic carbocycles. The van der Waals surface area contributed by atoms with E-state index in [9.17, 15) is 9.90 Å². The summed E-state index contributed by atoms with van der Waals surface area (Å²) in [4.78, 5) is 14.2. The molecular weight excluding hydrogens is 230 g/mol. The highest BCUT2D eigenvalue weighted by Crippen LogP contribution is 2.21. The van der Waals surface area contributed by atoms with Gasteiger partial charge in [0, 0.05) is 19.2 Å². The van der Waals surface area contributed by atoms with E-state index >= 15 is 0 Å².